The number of carboxylic acids is 1. The summed E-state index contributed by atoms with van der Waals surface area (Å²) >= 11 is 0. The largest absolute Gasteiger partial charge is 0.478 e. The summed E-state index contributed by atoms with van der Waals surface area (Å²) in [6, 6.07) is 3.92. The fourth-order valence-electron chi connectivity index (χ4n) is 1.20. The summed E-state index contributed by atoms with van der Waals surface area (Å²) in [6.45, 7) is 3.70. The van der Waals surface area contributed by atoms with Crippen LogP contribution in [-0.2, 0) is 0 Å². The molecule has 0 saturated heterocycles. The van der Waals surface area contributed by atoms with E-state index in [1.807, 2.05) is 13.8 Å². The van der Waals surface area contributed by atoms with Gasteiger partial charge in [-0.15, -0.1) is 0 Å². The van der Waals surface area contributed by atoms with Crippen molar-refractivity contribution in [3.8, 4) is 0 Å². The molecule has 0 aromatic heterocycles. The highest BCUT2D eigenvalue weighted by atomic mass is 16.6. The molecule has 0 aliphatic carbocycles. The van der Waals surface area contributed by atoms with Crippen molar-refractivity contribution in [2.24, 2.45) is 0 Å². The molecular weight excluding hydrogens is 198 g/mol. The molecule has 0 heterocycles. The van der Waals surface area contributed by atoms with Crippen molar-refractivity contribution in [1.82, 2.24) is 0 Å². The van der Waals surface area contributed by atoms with E-state index in [0.717, 1.165) is 6.07 Å². The Morgan fingerprint density at radius 1 is 1.40 bits per heavy atom. The molecule has 0 radical (unpaired) electrons. The molecular formula is C10H11NO4. The Bertz CT molecular complexity index is 380. The minimum atomic E-state index is -1.15. The first kappa shape index (κ1) is 11.2. The first-order chi connectivity index (χ1) is 6.91. The number of hydrogen-bond acceptors (Lipinski definition) is 3. The Labute approximate surface area is 86.5 Å². The van der Waals surface area contributed by atoms with Gasteiger partial charge in [0.1, 0.15) is 0 Å². The van der Waals surface area contributed by atoms with Crippen LogP contribution in [0.4, 0.5) is 5.69 Å². The number of nitro groups is 1. The Hall–Kier alpha value is -1.91. The molecule has 5 nitrogen and oxygen atoms in total. The van der Waals surface area contributed by atoms with E-state index in [4.69, 9.17) is 5.11 Å². The van der Waals surface area contributed by atoms with Gasteiger partial charge in [-0.3, -0.25) is 10.1 Å². The average Bonchev–Trinajstić information content (AvgIpc) is 2.16. The summed E-state index contributed by atoms with van der Waals surface area (Å²) in [7, 11) is 0. The summed E-state index contributed by atoms with van der Waals surface area (Å²) < 4.78 is 0. The van der Waals surface area contributed by atoms with E-state index in [1.54, 1.807) is 0 Å². The number of non-ortho nitro benzene ring substituents is 1. The number of carboxylic acid groups (broad SMARTS) is 1. The minimum absolute atomic E-state index is 0.0482. The average molecular weight is 209 g/mol. The molecule has 1 rings (SSSR count). The van der Waals surface area contributed by atoms with Gasteiger partial charge in [0.15, 0.2) is 0 Å². The van der Waals surface area contributed by atoms with Crippen molar-refractivity contribution >= 4 is 11.7 Å². The Balaban J connectivity index is 3.32. The van der Waals surface area contributed by atoms with Gasteiger partial charge in [0.25, 0.3) is 5.69 Å². The standard InChI is InChI=1S/C10H11NO4/c1-6(2)7-3-8(10(12)13)5-9(4-7)11(14)15/h3-6H,1-2H3,(H,12,13). The lowest BCUT2D eigenvalue weighted by molar-refractivity contribution is -0.385. The molecule has 0 spiro atoms. The molecule has 15 heavy (non-hydrogen) atoms. The van der Waals surface area contributed by atoms with Crippen molar-refractivity contribution in [2.75, 3.05) is 0 Å². The van der Waals surface area contributed by atoms with Crippen LogP contribution in [0.2, 0.25) is 0 Å². The second-order valence-electron chi connectivity index (χ2n) is 3.53. The number of hydrogen-bond donors (Lipinski definition) is 1. The van der Waals surface area contributed by atoms with E-state index in [1.165, 1.54) is 12.1 Å². The lowest BCUT2D eigenvalue weighted by atomic mass is 10.00. The van der Waals surface area contributed by atoms with E-state index in [0.29, 0.717) is 5.56 Å². The quantitative estimate of drug-likeness (QED) is 0.612. The van der Waals surface area contributed by atoms with Gasteiger partial charge in [-0.2, -0.15) is 0 Å². The smallest absolute Gasteiger partial charge is 0.335 e. The molecule has 0 aliphatic heterocycles. The summed E-state index contributed by atoms with van der Waals surface area (Å²) in [5.74, 6) is -1.09. The van der Waals surface area contributed by atoms with Gasteiger partial charge in [-0.1, -0.05) is 13.8 Å². The van der Waals surface area contributed by atoms with Crippen molar-refractivity contribution in [3.05, 3.63) is 39.4 Å². The zero-order valence-electron chi connectivity index (χ0n) is 8.43. The molecule has 1 N–H and O–H groups in total. The third-order valence-corrected chi connectivity index (χ3v) is 2.06. The van der Waals surface area contributed by atoms with E-state index >= 15 is 0 Å². The maximum absolute atomic E-state index is 10.7. The summed E-state index contributed by atoms with van der Waals surface area (Å²) in [5, 5.41) is 19.3. The second-order valence-corrected chi connectivity index (χ2v) is 3.53. The van der Waals surface area contributed by atoms with Gasteiger partial charge in [0, 0.05) is 12.1 Å². The molecule has 0 atom stereocenters. The van der Waals surface area contributed by atoms with Crippen LogP contribution < -0.4 is 0 Å². The summed E-state index contributed by atoms with van der Waals surface area (Å²) in [5.41, 5.74) is 0.424. The molecule has 0 amide bonds. The van der Waals surface area contributed by atoms with Crippen LogP contribution in [0, 0.1) is 10.1 Å². The van der Waals surface area contributed by atoms with Crippen LogP contribution in [0.3, 0.4) is 0 Å². The third kappa shape index (κ3) is 2.52. The predicted molar refractivity (Wildman–Crippen MR) is 54.1 cm³/mol. The van der Waals surface area contributed by atoms with Gasteiger partial charge < -0.3 is 5.11 Å². The Morgan fingerprint density at radius 2 is 2.00 bits per heavy atom. The normalized spacial score (nSPS) is 10.3. The maximum atomic E-state index is 10.7. The van der Waals surface area contributed by atoms with Gasteiger partial charge in [0.2, 0.25) is 0 Å². The zero-order valence-corrected chi connectivity index (χ0v) is 8.43. The first-order valence-corrected chi connectivity index (χ1v) is 4.44. The van der Waals surface area contributed by atoms with E-state index in [9.17, 15) is 14.9 Å². The third-order valence-electron chi connectivity index (χ3n) is 2.06. The number of nitrogens with zero attached hydrogens (tertiary/aromatic N) is 1. The highest BCUT2D eigenvalue weighted by Gasteiger charge is 2.14. The molecule has 0 unspecified atom stereocenters. The predicted octanol–water partition coefficient (Wildman–Crippen LogP) is 2.42. The van der Waals surface area contributed by atoms with Crippen molar-refractivity contribution < 1.29 is 14.8 Å². The van der Waals surface area contributed by atoms with Crippen molar-refractivity contribution in [1.29, 1.82) is 0 Å². The van der Waals surface area contributed by atoms with Gasteiger partial charge >= 0.3 is 5.97 Å². The zero-order chi connectivity index (χ0) is 11.6. The second kappa shape index (κ2) is 4.08. The SMILES string of the molecule is CC(C)c1cc(C(=O)O)cc([N+](=O)[O-])c1. The number of rotatable bonds is 3. The van der Waals surface area contributed by atoms with E-state index in [2.05, 4.69) is 0 Å². The number of nitro benzene ring substituents is 1. The minimum Gasteiger partial charge on any atom is -0.478 e. The van der Waals surface area contributed by atoms with E-state index in [-0.39, 0.29) is 17.2 Å². The van der Waals surface area contributed by atoms with E-state index < -0.39 is 10.9 Å². The van der Waals surface area contributed by atoms with Gasteiger partial charge in [-0.25, -0.2) is 4.79 Å². The Morgan fingerprint density at radius 3 is 2.40 bits per heavy atom. The number of carbonyl (C=O) groups is 1. The summed E-state index contributed by atoms with van der Waals surface area (Å²) in [4.78, 5) is 20.7. The Kier molecular flexibility index (Phi) is 3.04. The van der Waals surface area contributed by atoms with Gasteiger partial charge in [0.05, 0.1) is 10.5 Å². The molecule has 0 bridgehead atoms. The molecule has 80 valence electrons. The lowest BCUT2D eigenvalue weighted by Crippen LogP contribution is -2.01. The molecule has 0 saturated carbocycles. The highest BCUT2D eigenvalue weighted by Crippen LogP contribution is 2.22. The topological polar surface area (TPSA) is 80.4 Å². The molecule has 0 fully saturated rings. The fraction of sp³-hybridized carbons (Fsp3) is 0.300. The molecule has 0 aliphatic rings. The van der Waals surface area contributed by atoms with Crippen LogP contribution in [0.5, 0.6) is 0 Å². The van der Waals surface area contributed by atoms with Crippen LogP contribution in [-0.4, -0.2) is 16.0 Å². The molecule has 1 aromatic rings. The monoisotopic (exact) mass is 209 g/mol. The molecule has 1 aromatic carbocycles. The first-order valence-electron chi connectivity index (χ1n) is 4.44. The number of aromatic carboxylic acids is 1. The lowest BCUT2D eigenvalue weighted by Gasteiger charge is -2.06. The maximum Gasteiger partial charge on any atom is 0.335 e. The molecule has 5 heteroatoms. The van der Waals surface area contributed by atoms with Crippen LogP contribution in [0.1, 0.15) is 35.7 Å². The van der Waals surface area contributed by atoms with Crippen LogP contribution in [0.25, 0.3) is 0 Å². The fourth-order valence-corrected chi connectivity index (χ4v) is 1.20. The number of benzene rings is 1. The van der Waals surface area contributed by atoms with Crippen LogP contribution >= 0.6 is 0 Å². The van der Waals surface area contributed by atoms with Gasteiger partial charge in [-0.05, 0) is 17.5 Å². The highest BCUT2D eigenvalue weighted by molar-refractivity contribution is 5.88. The van der Waals surface area contributed by atoms with Crippen molar-refractivity contribution in [2.45, 2.75) is 19.8 Å². The van der Waals surface area contributed by atoms with Crippen molar-refractivity contribution in [3.63, 3.8) is 0 Å². The van der Waals surface area contributed by atoms with Crippen LogP contribution in [0.15, 0.2) is 18.2 Å². The summed E-state index contributed by atoms with van der Waals surface area (Å²) in [6.07, 6.45) is 0.